The first-order valence-electron chi connectivity index (χ1n) is 12.3. The summed E-state index contributed by atoms with van der Waals surface area (Å²) in [5.41, 5.74) is 1.07. The van der Waals surface area contributed by atoms with E-state index in [1.807, 2.05) is 43.3 Å². The Hall–Kier alpha value is -3.95. The molecule has 10 nitrogen and oxygen atoms in total. The molecule has 0 saturated carbocycles. The van der Waals surface area contributed by atoms with Crippen molar-refractivity contribution in [2.24, 2.45) is 5.92 Å². The number of aliphatic carboxylic acids is 2. The summed E-state index contributed by atoms with van der Waals surface area (Å²) in [5.74, 6) is -3.10. The second kappa shape index (κ2) is 14.6. The Labute approximate surface area is 215 Å². The smallest absolute Gasteiger partial charge is 0.326 e. The molecule has 3 atom stereocenters. The van der Waals surface area contributed by atoms with Gasteiger partial charge >= 0.3 is 18.0 Å². The molecule has 0 spiro atoms. The molecule has 0 radical (unpaired) electrons. The number of unbranched alkanes of at least 4 members (excludes halogenated alkanes) is 1. The van der Waals surface area contributed by atoms with Gasteiger partial charge in [-0.05, 0) is 55.4 Å². The monoisotopic (exact) mass is 513 g/mol. The molecular weight excluding hydrogens is 478 g/mol. The zero-order valence-electron chi connectivity index (χ0n) is 21.2. The van der Waals surface area contributed by atoms with Crippen LogP contribution in [-0.2, 0) is 25.6 Å². The van der Waals surface area contributed by atoms with Gasteiger partial charge in [0.25, 0.3) is 0 Å². The highest BCUT2D eigenvalue weighted by atomic mass is 16.4. The van der Waals surface area contributed by atoms with Crippen LogP contribution in [0.1, 0.15) is 51.5 Å². The van der Waals surface area contributed by atoms with E-state index >= 15 is 0 Å². The van der Waals surface area contributed by atoms with E-state index in [2.05, 4.69) is 22.0 Å². The van der Waals surface area contributed by atoms with Gasteiger partial charge in [-0.15, -0.1) is 0 Å². The van der Waals surface area contributed by atoms with Crippen LogP contribution in [0.4, 0.5) is 4.79 Å². The second-order valence-corrected chi connectivity index (χ2v) is 9.21. The maximum Gasteiger partial charge on any atom is 0.326 e. The Morgan fingerprint density at radius 3 is 2.08 bits per heavy atom. The first-order valence-corrected chi connectivity index (χ1v) is 12.3. The molecule has 2 aromatic carbocycles. The third-order valence-electron chi connectivity index (χ3n) is 6.01. The van der Waals surface area contributed by atoms with Crippen molar-refractivity contribution in [1.29, 1.82) is 0 Å². The molecule has 2 aromatic rings. The topological polar surface area (TPSA) is 162 Å². The number of ketones is 1. The zero-order chi connectivity index (χ0) is 27.4. The van der Waals surface area contributed by atoms with Crippen molar-refractivity contribution in [2.45, 2.75) is 64.5 Å². The first kappa shape index (κ1) is 29.3. The van der Waals surface area contributed by atoms with Gasteiger partial charge in [-0.1, -0.05) is 49.4 Å². The summed E-state index contributed by atoms with van der Waals surface area (Å²) < 4.78 is 0. The third kappa shape index (κ3) is 10.3. The summed E-state index contributed by atoms with van der Waals surface area (Å²) in [6.07, 6.45) is 1.53. The molecule has 3 unspecified atom stereocenters. The lowest BCUT2D eigenvalue weighted by Crippen LogP contribution is -2.51. The number of carboxylic acid groups (broad SMARTS) is 2. The van der Waals surface area contributed by atoms with Gasteiger partial charge in [0.1, 0.15) is 17.9 Å². The van der Waals surface area contributed by atoms with Gasteiger partial charge in [0.15, 0.2) is 0 Å². The number of Topliss-reactive ketones (excluding diaryl/α,β-unsaturated/α-hetero) is 1. The Kier molecular flexibility index (Phi) is 11.5. The van der Waals surface area contributed by atoms with E-state index in [4.69, 9.17) is 0 Å². The van der Waals surface area contributed by atoms with Crippen LogP contribution in [0.5, 0.6) is 0 Å². The summed E-state index contributed by atoms with van der Waals surface area (Å²) in [6.45, 7) is 3.54. The minimum atomic E-state index is -1.31. The Morgan fingerprint density at radius 2 is 1.46 bits per heavy atom. The van der Waals surface area contributed by atoms with E-state index in [1.54, 1.807) is 0 Å². The van der Waals surface area contributed by atoms with Crippen LogP contribution in [0.25, 0.3) is 10.8 Å². The molecule has 0 aliphatic heterocycles. The first-order chi connectivity index (χ1) is 17.6. The van der Waals surface area contributed by atoms with Crippen molar-refractivity contribution in [3.63, 3.8) is 0 Å². The number of nitrogens with one attached hydrogen (secondary N) is 3. The molecule has 0 bridgehead atoms. The third-order valence-corrected chi connectivity index (χ3v) is 6.01. The molecule has 0 heterocycles. The number of rotatable bonds is 15. The predicted octanol–water partition coefficient (Wildman–Crippen LogP) is 2.88. The van der Waals surface area contributed by atoms with E-state index in [1.165, 1.54) is 6.92 Å². The van der Waals surface area contributed by atoms with Crippen LogP contribution in [0.2, 0.25) is 0 Å². The van der Waals surface area contributed by atoms with Crippen molar-refractivity contribution >= 4 is 40.4 Å². The molecule has 0 aliphatic carbocycles. The average molecular weight is 514 g/mol. The minimum absolute atomic E-state index is 0.0216. The van der Waals surface area contributed by atoms with Gasteiger partial charge in [-0.25, -0.2) is 14.4 Å². The Bertz CT molecular complexity index is 1120. The summed E-state index contributed by atoms with van der Waals surface area (Å²) in [4.78, 5) is 58.4. The number of hydrogen-bond donors (Lipinski definition) is 5. The molecular formula is C27H35N3O7. The lowest BCUT2D eigenvalue weighted by Gasteiger charge is -2.18. The van der Waals surface area contributed by atoms with Crippen LogP contribution in [-0.4, -0.2) is 58.5 Å². The minimum Gasteiger partial charge on any atom is -0.480 e. The van der Waals surface area contributed by atoms with Crippen LogP contribution >= 0.6 is 0 Å². The van der Waals surface area contributed by atoms with Crippen molar-refractivity contribution < 1.29 is 34.2 Å². The van der Waals surface area contributed by atoms with Crippen LogP contribution < -0.4 is 16.0 Å². The van der Waals surface area contributed by atoms with Crippen LogP contribution in [0, 0.1) is 5.92 Å². The van der Waals surface area contributed by atoms with Gasteiger partial charge in [0.05, 0.1) is 0 Å². The molecule has 0 aromatic heterocycles. The van der Waals surface area contributed by atoms with Crippen molar-refractivity contribution in [3.05, 3.63) is 48.0 Å². The van der Waals surface area contributed by atoms with Gasteiger partial charge in [-0.3, -0.25) is 4.79 Å². The van der Waals surface area contributed by atoms with Crippen molar-refractivity contribution in [1.82, 2.24) is 16.0 Å². The van der Waals surface area contributed by atoms with E-state index in [0.29, 0.717) is 25.8 Å². The fourth-order valence-corrected chi connectivity index (χ4v) is 3.89. The van der Waals surface area contributed by atoms with Crippen molar-refractivity contribution in [2.75, 3.05) is 6.54 Å². The van der Waals surface area contributed by atoms with Crippen LogP contribution in [0.15, 0.2) is 42.5 Å². The molecule has 0 fully saturated rings. The maximum atomic E-state index is 12.5. The normalized spacial score (nSPS) is 13.2. The summed E-state index contributed by atoms with van der Waals surface area (Å²) in [7, 11) is 0. The Morgan fingerprint density at radius 1 is 0.838 bits per heavy atom. The molecule has 3 amide bonds. The highest BCUT2D eigenvalue weighted by molar-refractivity contribution is 5.86. The molecule has 2 rings (SSSR count). The van der Waals surface area contributed by atoms with Gasteiger partial charge < -0.3 is 31.0 Å². The molecule has 200 valence electrons. The number of carbonyl (C=O) groups is 5. The number of urea groups is 1. The molecule has 37 heavy (non-hydrogen) atoms. The zero-order valence-corrected chi connectivity index (χ0v) is 21.2. The molecule has 5 N–H and O–H groups in total. The molecule has 0 saturated heterocycles. The predicted molar refractivity (Wildman–Crippen MR) is 138 cm³/mol. The maximum absolute atomic E-state index is 12.5. The van der Waals surface area contributed by atoms with Crippen LogP contribution in [0.3, 0.4) is 0 Å². The fraction of sp³-hybridized carbons (Fsp3) is 0.444. The van der Waals surface area contributed by atoms with Crippen molar-refractivity contribution in [3.8, 4) is 0 Å². The fourth-order valence-electron chi connectivity index (χ4n) is 3.89. The Balaban J connectivity index is 1.73. The van der Waals surface area contributed by atoms with E-state index in [9.17, 15) is 34.2 Å². The molecule has 0 aliphatic rings. The second-order valence-electron chi connectivity index (χ2n) is 9.21. The summed E-state index contributed by atoms with van der Waals surface area (Å²) in [6, 6.07) is 10.7. The van der Waals surface area contributed by atoms with E-state index < -0.39 is 30.1 Å². The highest BCUT2D eigenvalue weighted by Crippen LogP contribution is 2.18. The number of amides is 3. The number of fused-ring (bicyclic) bond motifs is 1. The SMILES string of the molecule is CC(=O)CCC(NC(=O)NC(CCCCNC(=O)C(C)Cc1ccc2ccccc2c1)C(=O)O)C(=O)O. The number of carbonyl (C=O) groups excluding carboxylic acids is 3. The standard InChI is InChI=1S/C27H35N3O7/c1-17(15-19-11-12-20-7-3-4-8-21(20)16-19)24(32)28-14-6-5-9-22(25(33)34)29-27(37)30-23(26(35)36)13-10-18(2)31/h3-4,7-8,11-12,16-17,22-23H,5-6,9-10,13-15H2,1-2H3,(H,28,32)(H,33,34)(H,35,36)(H2,29,30,37). The number of hydrogen-bond acceptors (Lipinski definition) is 5. The lowest BCUT2D eigenvalue weighted by molar-refractivity contribution is -0.139. The van der Waals surface area contributed by atoms with E-state index in [-0.39, 0.29) is 36.9 Å². The number of carboxylic acids is 2. The quantitative estimate of drug-likeness (QED) is 0.229. The largest absolute Gasteiger partial charge is 0.480 e. The van der Waals surface area contributed by atoms with Gasteiger partial charge in [0, 0.05) is 18.9 Å². The molecule has 10 heteroatoms. The highest BCUT2D eigenvalue weighted by Gasteiger charge is 2.24. The number of benzene rings is 2. The summed E-state index contributed by atoms with van der Waals surface area (Å²) in [5, 5.41) is 28.2. The summed E-state index contributed by atoms with van der Waals surface area (Å²) >= 11 is 0. The lowest BCUT2D eigenvalue weighted by atomic mass is 9.98. The average Bonchev–Trinajstić information content (AvgIpc) is 2.84. The van der Waals surface area contributed by atoms with Gasteiger partial charge in [0.2, 0.25) is 5.91 Å². The van der Waals surface area contributed by atoms with E-state index in [0.717, 1.165) is 16.3 Å². The van der Waals surface area contributed by atoms with Gasteiger partial charge in [-0.2, -0.15) is 0 Å².